The number of hydrogen-bond donors (Lipinski definition) is 0. The van der Waals surface area contributed by atoms with Gasteiger partial charge in [-0.3, -0.25) is 0 Å². The van der Waals surface area contributed by atoms with Crippen molar-refractivity contribution in [1.29, 1.82) is 0 Å². The lowest BCUT2D eigenvalue weighted by Crippen LogP contribution is -2.28. The standard InChI is InChI=1S/C29H46F2O/c1-4-6-7-8-9-10-22-11-13-23(14-12-22)21(3)24-15-17-25(18-16-24)26-19-20-27(32-5-2)29(31)28(26)30/h19-25H,4-18H2,1-3H3/t21?,22?,23?,24-,25-. The van der Waals surface area contributed by atoms with E-state index in [1.165, 1.54) is 64.2 Å². The molecule has 1 aromatic rings. The fourth-order valence-electron chi connectivity index (χ4n) is 6.51. The molecular formula is C29H46F2O. The molecule has 2 fully saturated rings. The summed E-state index contributed by atoms with van der Waals surface area (Å²) in [4.78, 5) is 0. The van der Waals surface area contributed by atoms with Gasteiger partial charge in [0.1, 0.15) is 0 Å². The van der Waals surface area contributed by atoms with Gasteiger partial charge in [0.15, 0.2) is 11.6 Å². The first-order valence-corrected chi connectivity index (χ1v) is 13.7. The van der Waals surface area contributed by atoms with Crippen molar-refractivity contribution in [3.05, 3.63) is 29.3 Å². The highest BCUT2D eigenvalue weighted by molar-refractivity contribution is 5.33. The van der Waals surface area contributed by atoms with Crippen LogP contribution in [0.1, 0.15) is 122 Å². The molecule has 0 heterocycles. The Kier molecular flexibility index (Phi) is 10.3. The van der Waals surface area contributed by atoms with Gasteiger partial charge < -0.3 is 4.74 Å². The topological polar surface area (TPSA) is 9.23 Å². The van der Waals surface area contributed by atoms with E-state index in [-0.39, 0.29) is 11.7 Å². The number of benzene rings is 1. The third-order valence-corrected chi connectivity index (χ3v) is 8.68. The first kappa shape index (κ1) is 25.5. The van der Waals surface area contributed by atoms with Crippen molar-refractivity contribution in [2.24, 2.45) is 23.7 Å². The van der Waals surface area contributed by atoms with Crippen LogP contribution in [0.25, 0.3) is 0 Å². The highest BCUT2D eigenvalue weighted by atomic mass is 19.2. The van der Waals surface area contributed by atoms with E-state index in [1.807, 2.05) is 0 Å². The number of unbranched alkanes of at least 4 members (excludes halogenated alkanes) is 4. The van der Waals surface area contributed by atoms with E-state index in [1.54, 1.807) is 19.1 Å². The molecular weight excluding hydrogens is 402 g/mol. The van der Waals surface area contributed by atoms with Crippen molar-refractivity contribution in [3.63, 3.8) is 0 Å². The zero-order valence-electron chi connectivity index (χ0n) is 20.8. The maximum absolute atomic E-state index is 14.6. The second-order valence-corrected chi connectivity index (χ2v) is 10.7. The summed E-state index contributed by atoms with van der Waals surface area (Å²) in [5.41, 5.74) is 0.552. The van der Waals surface area contributed by atoms with Gasteiger partial charge in [0.25, 0.3) is 0 Å². The quantitative estimate of drug-likeness (QED) is 0.306. The predicted octanol–water partition coefficient (Wildman–Crippen LogP) is 9.44. The number of hydrogen-bond acceptors (Lipinski definition) is 1. The van der Waals surface area contributed by atoms with Gasteiger partial charge in [-0.15, -0.1) is 0 Å². The minimum Gasteiger partial charge on any atom is -0.491 e. The average molecular weight is 449 g/mol. The molecule has 32 heavy (non-hydrogen) atoms. The number of ether oxygens (including phenoxy) is 1. The summed E-state index contributed by atoms with van der Waals surface area (Å²) in [5, 5.41) is 0. The van der Waals surface area contributed by atoms with Crippen LogP contribution >= 0.6 is 0 Å². The van der Waals surface area contributed by atoms with Gasteiger partial charge in [-0.2, -0.15) is 4.39 Å². The van der Waals surface area contributed by atoms with Crippen molar-refractivity contribution in [3.8, 4) is 5.75 Å². The molecule has 3 heteroatoms. The Balaban J connectivity index is 1.42. The SMILES string of the molecule is CCCCCCCC1CCC(C(C)[C@H]2CC[C@H](c3ccc(OCC)c(F)c3F)CC2)CC1. The second-order valence-electron chi connectivity index (χ2n) is 10.7. The van der Waals surface area contributed by atoms with Crippen molar-refractivity contribution >= 4 is 0 Å². The highest BCUT2D eigenvalue weighted by Gasteiger charge is 2.33. The molecule has 1 nitrogen and oxygen atoms in total. The zero-order valence-corrected chi connectivity index (χ0v) is 20.8. The molecule has 0 N–H and O–H groups in total. The second kappa shape index (κ2) is 12.9. The average Bonchev–Trinajstić information content (AvgIpc) is 2.82. The minimum absolute atomic E-state index is 0.0348. The summed E-state index contributed by atoms with van der Waals surface area (Å²) in [6, 6.07) is 3.36. The zero-order chi connectivity index (χ0) is 22.9. The van der Waals surface area contributed by atoms with Gasteiger partial charge in [-0.1, -0.05) is 71.3 Å². The molecule has 2 saturated carbocycles. The van der Waals surface area contributed by atoms with Gasteiger partial charge in [0.05, 0.1) is 6.61 Å². The molecule has 1 atom stereocenters. The van der Waals surface area contributed by atoms with Crippen LogP contribution < -0.4 is 4.74 Å². The third-order valence-electron chi connectivity index (χ3n) is 8.68. The van der Waals surface area contributed by atoms with E-state index in [4.69, 9.17) is 4.74 Å². The summed E-state index contributed by atoms with van der Waals surface area (Å²) in [6.07, 6.45) is 18.3. The lowest BCUT2D eigenvalue weighted by molar-refractivity contribution is 0.131. The van der Waals surface area contributed by atoms with Crippen molar-refractivity contribution in [2.45, 2.75) is 117 Å². The van der Waals surface area contributed by atoms with Crippen LogP contribution in [-0.2, 0) is 0 Å². The van der Waals surface area contributed by atoms with Crippen LogP contribution in [-0.4, -0.2) is 6.61 Å². The van der Waals surface area contributed by atoms with Gasteiger partial charge >= 0.3 is 0 Å². The molecule has 0 radical (unpaired) electrons. The third kappa shape index (κ3) is 6.70. The van der Waals surface area contributed by atoms with Crippen LogP contribution in [0, 0.1) is 35.3 Å². The molecule has 3 rings (SSSR count). The fraction of sp³-hybridized carbons (Fsp3) is 0.793. The molecule has 182 valence electrons. The van der Waals surface area contributed by atoms with Gasteiger partial charge in [-0.25, -0.2) is 4.39 Å². The molecule has 2 aliphatic carbocycles. The Bertz CT molecular complexity index is 672. The van der Waals surface area contributed by atoms with Crippen molar-refractivity contribution < 1.29 is 13.5 Å². The highest BCUT2D eigenvalue weighted by Crippen LogP contribution is 2.45. The van der Waals surface area contributed by atoms with E-state index >= 15 is 0 Å². The molecule has 0 aromatic heterocycles. The molecule has 0 aliphatic heterocycles. The Morgan fingerprint density at radius 1 is 0.812 bits per heavy atom. The molecule has 0 saturated heterocycles. The van der Waals surface area contributed by atoms with E-state index < -0.39 is 11.6 Å². The first-order chi connectivity index (χ1) is 15.5. The van der Waals surface area contributed by atoms with Gasteiger partial charge in [0, 0.05) is 0 Å². The minimum atomic E-state index is -0.818. The Morgan fingerprint density at radius 2 is 1.44 bits per heavy atom. The van der Waals surface area contributed by atoms with Gasteiger partial charge in [-0.05, 0) is 86.7 Å². The van der Waals surface area contributed by atoms with Crippen LogP contribution in [0.15, 0.2) is 12.1 Å². The molecule has 2 aliphatic rings. The largest absolute Gasteiger partial charge is 0.491 e. The molecule has 0 spiro atoms. The van der Waals surface area contributed by atoms with Crippen molar-refractivity contribution in [1.82, 2.24) is 0 Å². The maximum atomic E-state index is 14.6. The lowest BCUT2D eigenvalue weighted by Gasteiger charge is -2.39. The monoisotopic (exact) mass is 448 g/mol. The van der Waals surface area contributed by atoms with Crippen molar-refractivity contribution in [2.75, 3.05) is 6.61 Å². The fourth-order valence-corrected chi connectivity index (χ4v) is 6.51. The summed E-state index contributed by atoms with van der Waals surface area (Å²) >= 11 is 0. The Morgan fingerprint density at radius 3 is 2.06 bits per heavy atom. The predicted molar refractivity (Wildman–Crippen MR) is 130 cm³/mol. The van der Waals surface area contributed by atoms with E-state index in [0.29, 0.717) is 12.2 Å². The summed E-state index contributed by atoms with van der Waals surface area (Å²) < 4.78 is 34.2. The summed E-state index contributed by atoms with van der Waals surface area (Å²) in [6.45, 7) is 6.89. The normalized spacial score (nSPS) is 27.3. The summed E-state index contributed by atoms with van der Waals surface area (Å²) in [7, 11) is 0. The van der Waals surface area contributed by atoms with Crippen LogP contribution in [0.4, 0.5) is 8.78 Å². The Hall–Kier alpha value is -1.12. The molecule has 1 aromatic carbocycles. The van der Waals surface area contributed by atoms with E-state index in [9.17, 15) is 8.78 Å². The molecule has 0 bridgehead atoms. The number of rotatable bonds is 11. The maximum Gasteiger partial charge on any atom is 0.200 e. The van der Waals surface area contributed by atoms with E-state index in [0.717, 1.165) is 49.4 Å². The lowest BCUT2D eigenvalue weighted by atomic mass is 9.66. The van der Waals surface area contributed by atoms with Crippen LogP contribution in [0.5, 0.6) is 5.75 Å². The summed E-state index contributed by atoms with van der Waals surface area (Å²) in [5.74, 6) is 2.02. The molecule has 0 amide bonds. The van der Waals surface area contributed by atoms with Crippen LogP contribution in [0.3, 0.4) is 0 Å². The first-order valence-electron chi connectivity index (χ1n) is 13.7. The smallest absolute Gasteiger partial charge is 0.200 e. The van der Waals surface area contributed by atoms with Gasteiger partial charge in [0.2, 0.25) is 5.82 Å². The number of halogens is 2. The van der Waals surface area contributed by atoms with E-state index in [2.05, 4.69) is 13.8 Å². The Labute approximate surface area is 195 Å². The van der Waals surface area contributed by atoms with Crippen LogP contribution in [0.2, 0.25) is 0 Å². The molecule has 1 unspecified atom stereocenters.